The van der Waals surface area contributed by atoms with Crippen molar-refractivity contribution in [1.82, 2.24) is 0 Å². The zero-order valence-corrected chi connectivity index (χ0v) is 19.7. The van der Waals surface area contributed by atoms with Crippen LogP contribution in [0, 0.1) is 25.2 Å². The molecule has 0 fully saturated rings. The van der Waals surface area contributed by atoms with Crippen LogP contribution in [0.2, 0.25) is 0 Å². The van der Waals surface area contributed by atoms with Gasteiger partial charge < -0.3 is 10.2 Å². The number of aryl methyl sites for hydroxylation is 2. The van der Waals surface area contributed by atoms with Crippen molar-refractivity contribution in [3.63, 3.8) is 0 Å². The number of nitriles is 1. The van der Waals surface area contributed by atoms with Crippen molar-refractivity contribution in [2.75, 3.05) is 10.2 Å². The molecular weight excluding hydrogens is 382 g/mol. The molecule has 2 aromatic carbocycles. The molecule has 0 aliphatic carbocycles. The molecule has 1 atom stereocenters. The predicted octanol–water partition coefficient (Wildman–Crippen LogP) is 6.35. The average Bonchev–Trinajstić information content (AvgIpc) is 2.67. The molecule has 0 bridgehead atoms. The van der Waals surface area contributed by atoms with E-state index < -0.39 is 0 Å². The Morgan fingerprint density at radius 2 is 1.90 bits per heavy atom. The number of carbonyl (C=O) groups excluding carboxylic acids is 1. The highest BCUT2D eigenvalue weighted by atomic mass is 16.1. The van der Waals surface area contributed by atoms with Crippen LogP contribution in [-0.2, 0) is 4.79 Å². The Bertz CT molecular complexity index is 1070. The van der Waals surface area contributed by atoms with Crippen LogP contribution in [0.1, 0.15) is 69.2 Å². The molecule has 1 unspecified atom stereocenters. The van der Waals surface area contributed by atoms with Gasteiger partial charge in [-0.3, -0.25) is 4.79 Å². The number of hydrogen-bond donors (Lipinski definition) is 1. The second kappa shape index (κ2) is 8.59. The summed E-state index contributed by atoms with van der Waals surface area (Å²) in [5, 5.41) is 12.5. The van der Waals surface area contributed by atoms with Gasteiger partial charge in [0.25, 0.3) is 5.91 Å². The molecule has 2 aromatic rings. The molecule has 1 aliphatic rings. The first-order valence-corrected chi connectivity index (χ1v) is 11.0. The van der Waals surface area contributed by atoms with Crippen molar-refractivity contribution >= 4 is 23.4 Å². The van der Waals surface area contributed by atoms with E-state index >= 15 is 0 Å². The molecule has 4 heteroatoms. The van der Waals surface area contributed by atoms with E-state index in [0.29, 0.717) is 12.0 Å². The maximum Gasteiger partial charge on any atom is 0.266 e. The van der Waals surface area contributed by atoms with E-state index in [1.165, 1.54) is 11.3 Å². The van der Waals surface area contributed by atoms with E-state index in [1.54, 1.807) is 6.08 Å². The predicted molar refractivity (Wildman–Crippen MR) is 129 cm³/mol. The summed E-state index contributed by atoms with van der Waals surface area (Å²) in [5.41, 5.74) is 6.39. The molecule has 0 saturated heterocycles. The molecule has 3 rings (SSSR count). The SMILES string of the molecule is Cc1cc2c(cc1/C=C(/C#N)C(=O)Nc1ccccc1C)C(C)CC(C)(C)N2C(C)C. The minimum atomic E-state index is -0.382. The number of para-hydroxylation sites is 1. The molecule has 4 nitrogen and oxygen atoms in total. The van der Waals surface area contributed by atoms with E-state index in [9.17, 15) is 10.1 Å². The van der Waals surface area contributed by atoms with E-state index in [0.717, 1.165) is 28.8 Å². The maximum absolute atomic E-state index is 12.8. The van der Waals surface area contributed by atoms with Gasteiger partial charge in [-0.05, 0) is 100 Å². The second-order valence-corrected chi connectivity index (χ2v) is 9.59. The summed E-state index contributed by atoms with van der Waals surface area (Å²) in [6.07, 6.45) is 2.78. The highest BCUT2D eigenvalue weighted by Crippen LogP contribution is 2.45. The molecule has 1 aliphatic heterocycles. The molecule has 31 heavy (non-hydrogen) atoms. The van der Waals surface area contributed by atoms with Crippen molar-refractivity contribution in [3.8, 4) is 6.07 Å². The minimum absolute atomic E-state index is 0.0790. The number of nitrogens with one attached hydrogen (secondary N) is 1. The Morgan fingerprint density at radius 3 is 2.52 bits per heavy atom. The van der Waals surface area contributed by atoms with Gasteiger partial charge in [0.15, 0.2) is 0 Å². The Balaban J connectivity index is 2.01. The molecule has 1 heterocycles. The first-order valence-electron chi connectivity index (χ1n) is 11.0. The lowest BCUT2D eigenvalue weighted by molar-refractivity contribution is -0.112. The van der Waals surface area contributed by atoms with Gasteiger partial charge in [-0.2, -0.15) is 5.26 Å². The van der Waals surface area contributed by atoms with Crippen LogP contribution >= 0.6 is 0 Å². The van der Waals surface area contributed by atoms with Crippen molar-refractivity contribution in [1.29, 1.82) is 5.26 Å². The summed E-state index contributed by atoms with van der Waals surface area (Å²) in [5.74, 6) is 0.0194. The number of fused-ring (bicyclic) bond motifs is 1. The third-order valence-corrected chi connectivity index (χ3v) is 6.24. The highest BCUT2D eigenvalue weighted by molar-refractivity contribution is 6.10. The number of nitrogens with zero attached hydrogens (tertiary/aromatic N) is 2. The minimum Gasteiger partial charge on any atom is -0.364 e. The third-order valence-electron chi connectivity index (χ3n) is 6.24. The molecule has 1 N–H and O–H groups in total. The summed E-state index contributed by atoms with van der Waals surface area (Å²) in [7, 11) is 0. The standard InChI is InChI=1S/C27H33N3O/c1-17(2)30-25-12-19(4)21(14-23(25)20(5)15-27(30,6)7)13-22(16-28)26(31)29-24-11-9-8-10-18(24)3/h8-14,17,20H,15H2,1-7H3,(H,29,31)/b22-13-. The number of anilines is 2. The highest BCUT2D eigenvalue weighted by Gasteiger charge is 2.37. The lowest BCUT2D eigenvalue weighted by atomic mass is 9.78. The fraction of sp³-hybridized carbons (Fsp3) is 0.407. The fourth-order valence-electron chi connectivity index (χ4n) is 4.95. The van der Waals surface area contributed by atoms with Gasteiger partial charge in [0.2, 0.25) is 0 Å². The van der Waals surface area contributed by atoms with Gasteiger partial charge in [0.1, 0.15) is 11.6 Å². The van der Waals surface area contributed by atoms with Crippen LogP contribution in [0.25, 0.3) is 6.08 Å². The number of hydrogen-bond acceptors (Lipinski definition) is 3. The average molecular weight is 416 g/mol. The van der Waals surface area contributed by atoms with E-state index in [2.05, 4.69) is 63.0 Å². The van der Waals surface area contributed by atoms with Crippen molar-refractivity contribution < 1.29 is 4.79 Å². The van der Waals surface area contributed by atoms with E-state index in [4.69, 9.17) is 0 Å². The number of carbonyl (C=O) groups is 1. The number of rotatable bonds is 4. The monoisotopic (exact) mass is 415 g/mol. The lowest BCUT2D eigenvalue weighted by Gasteiger charge is -2.50. The van der Waals surface area contributed by atoms with Gasteiger partial charge in [-0.1, -0.05) is 25.1 Å². The fourth-order valence-corrected chi connectivity index (χ4v) is 4.95. The van der Waals surface area contributed by atoms with Crippen molar-refractivity contribution in [2.24, 2.45) is 0 Å². The quantitative estimate of drug-likeness (QED) is 0.467. The molecule has 0 radical (unpaired) electrons. The summed E-state index contributed by atoms with van der Waals surface area (Å²) in [4.78, 5) is 15.3. The smallest absolute Gasteiger partial charge is 0.266 e. The number of amides is 1. The Morgan fingerprint density at radius 1 is 1.23 bits per heavy atom. The summed E-state index contributed by atoms with van der Waals surface area (Å²) < 4.78 is 0. The van der Waals surface area contributed by atoms with Crippen molar-refractivity contribution in [3.05, 3.63) is 64.2 Å². The first kappa shape index (κ1) is 22.6. The van der Waals surface area contributed by atoms with Gasteiger partial charge in [0, 0.05) is 23.0 Å². The van der Waals surface area contributed by atoms with Crippen LogP contribution < -0.4 is 10.2 Å². The summed E-state index contributed by atoms with van der Waals surface area (Å²) in [6, 6.07) is 14.4. The van der Waals surface area contributed by atoms with Gasteiger partial charge in [-0.25, -0.2) is 0 Å². The Hall–Kier alpha value is -3.06. The van der Waals surface area contributed by atoms with Crippen LogP contribution in [0.5, 0.6) is 0 Å². The molecule has 0 aromatic heterocycles. The van der Waals surface area contributed by atoms with Crippen LogP contribution in [0.15, 0.2) is 42.0 Å². The number of benzene rings is 2. The normalized spacial score (nSPS) is 17.8. The lowest BCUT2D eigenvalue weighted by Crippen LogP contribution is -2.51. The third kappa shape index (κ3) is 4.51. The first-order chi connectivity index (χ1) is 14.5. The zero-order valence-electron chi connectivity index (χ0n) is 19.7. The Labute approximate surface area is 186 Å². The molecule has 1 amide bonds. The molecular formula is C27H33N3O. The van der Waals surface area contributed by atoms with Crippen LogP contribution in [-0.4, -0.2) is 17.5 Å². The molecule has 0 saturated carbocycles. The van der Waals surface area contributed by atoms with Gasteiger partial charge in [-0.15, -0.1) is 0 Å². The largest absolute Gasteiger partial charge is 0.364 e. The molecule has 162 valence electrons. The maximum atomic E-state index is 12.8. The summed E-state index contributed by atoms with van der Waals surface area (Å²) in [6.45, 7) is 15.3. The Kier molecular flexibility index (Phi) is 6.27. The second-order valence-electron chi connectivity index (χ2n) is 9.59. The van der Waals surface area contributed by atoms with Crippen molar-refractivity contribution in [2.45, 2.75) is 72.4 Å². The zero-order chi connectivity index (χ0) is 22.9. The van der Waals surface area contributed by atoms with Gasteiger partial charge >= 0.3 is 0 Å². The van der Waals surface area contributed by atoms with E-state index in [-0.39, 0.29) is 17.0 Å². The summed E-state index contributed by atoms with van der Waals surface area (Å²) >= 11 is 0. The van der Waals surface area contributed by atoms with Gasteiger partial charge in [0.05, 0.1) is 0 Å². The van der Waals surface area contributed by atoms with E-state index in [1.807, 2.05) is 38.1 Å². The molecule has 0 spiro atoms. The van der Waals surface area contributed by atoms with Crippen LogP contribution in [0.4, 0.5) is 11.4 Å². The topological polar surface area (TPSA) is 56.1 Å². The van der Waals surface area contributed by atoms with Crippen LogP contribution in [0.3, 0.4) is 0 Å².